The fraction of sp³-hybridized carbons (Fsp3) is 1.00. The van der Waals surface area contributed by atoms with Crippen molar-refractivity contribution < 1.29 is 35.9 Å². The van der Waals surface area contributed by atoms with Crippen LogP contribution >= 0.6 is 0 Å². The van der Waals surface area contributed by atoms with Crippen LogP contribution in [0.25, 0.3) is 0 Å². The molecule has 0 bridgehead atoms. The molecule has 22 heavy (non-hydrogen) atoms. The maximum Gasteiger partial charge on any atom is 0.679 e. The van der Waals surface area contributed by atoms with Crippen LogP contribution in [0.5, 0.6) is 0 Å². The summed E-state index contributed by atoms with van der Waals surface area (Å²) >= 11 is -2.07. The second kappa shape index (κ2) is 14.7. The van der Waals surface area contributed by atoms with E-state index in [9.17, 15) is 8.76 Å². The van der Waals surface area contributed by atoms with E-state index in [0.29, 0.717) is 39.6 Å². The summed E-state index contributed by atoms with van der Waals surface area (Å²) < 4.78 is 53.2. The molecule has 0 aliphatic rings. The van der Waals surface area contributed by atoms with Crippen molar-refractivity contribution in [3.63, 3.8) is 0 Å². The van der Waals surface area contributed by atoms with Gasteiger partial charge in [0.25, 0.3) is 0 Å². The smallest absolute Gasteiger partial charge is 0.679 e. The molecular formula is C12H27O8SSi-. The molecule has 0 radical (unpaired) electrons. The molecule has 0 rings (SSSR count). The number of hydrogen-bond acceptors (Lipinski definition) is 8. The van der Waals surface area contributed by atoms with Crippen LogP contribution < -0.4 is 0 Å². The fourth-order valence-corrected chi connectivity index (χ4v) is 3.60. The molecule has 0 aliphatic heterocycles. The molecule has 10 heteroatoms. The van der Waals surface area contributed by atoms with Gasteiger partial charge in [-0.15, -0.1) is 0 Å². The van der Waals surface area contributed by atoms with Crippen LogP contribution in [-0.4, -0.2) is 76.4 Å². The van der Waals surface area contributed by atoms with Gasteiger partial charge >= 0.3 is 9.05 Å². The second-order valence-corrected chi connectivity index (χ2v) is 7.05. The summed E-state index contributed by atoms with van der Waals surface area (Å²) in [5.41, 5.74) is 0. The van der Waals surface area contributed by atoms with Crippen LogP contribution in [0.4, 0.5) is 0 Å². The molecular weight excluding hydrogens is 332 g/mol. The summed E-state index contributed by atoms with van der Waals surface area (Å²) in [6, 6.07) is 0. The van der Waals surface area contributed by atoms with E-state index >= 15 is 0 Å². The zero-order chi connectivity index (χ0) is 16.7. The Morgan fingerprint density at radius 1 is 0.773 bits per heavy atom. The summed E-state index contributed by atoms with van der Waals surface area (Å²) in [5, 5.41) is 0. The lowest BCUT2D eigenvalue weighted by molar-refractivity contribution is -0.0424. The van der Waals surface area contributed by atoms with Crippen molar-refractivity contribution in [2.24, 2.45) is 0 Å². The topological polar surface area (TPSA) is 95.5 Å². The zero-order valence-corrected chi connectivity index (χ0v) is 15.4. The highest BCUT2D eigenvalue weighted by molar-refractivity contribution is 7.79. The van der Waals surface area contributed by atoms with Crippen LogP contribution in [0.3, 0.4) is 0 Å². The van der Waals surface area contributed by atoms with Crippen LogP contribution in [0, 0.1) is 0 Å². The molecule has 8 nitrogen and oxygen atoms in total. The molecule has 134 valence electrons. The molecule has 0 heterocycles. The quantitative estimate of drug-likeness (QED) is 0.223. The van der Waals surface area contributed by atoms with Crippen molar-refractivity contribution in [2.45, 2.75) is 20.8 Å². The Hall–Kier alpha value is 0.0869. The zero-order valence-electron chi connectivity index (χ0n) is 13.5. The fourth-order valence-electron chi connectivity index (χ4n) is 1.45. The van der Waals surface area contributed by atoms with Gasteiger partial charge in [0, 0.05) is 25.6 Å². The molecule has 0 N–H and O–H groups in total. The molecule has 0 fully saturated rings. The lowest BCUT2D eigenvalue weighted by Crippen LogP contribution is -2.50. The van der Waals surface area contributed by atoms with Crippen molar-refractivity contribution >= 4 is 20.1 Å². The highest BCUT2D eigenvalue weighted by Crippen LogP contribution is 2.11. The van der Waals surface area contributed by atoms with E-state index in [1.54, 1.807) is 0 Å². The normalized spacial score (nSPS) is 13.5. The lowest BCUT2D eigenvalue weighted by atomic mass is 10.7. The molecule has 0 aromatic heterocycles. The molecule has 0 saturated heterocycles. The van der Waals surface area contributed by atoms with E-state index < -0.39 is 20.1 Å². The maximum atomic E-state index is 10.3. The molecule has 0 aromatic rings. The molecule has 1 unspecified atom stereocenters. The SMILES string of the molecule is CCO[Si](OCC)(OCC)OCCOCCOCCS(=O)[O-]. The number of hydrogen-bond donors (Lipinski definition) is 0. The summed E-state index contributed by atoms with van der Waals surface area (Å²) in [4.78, 5) is 0. The van der Waals surface area contributed by atoms with Crippen LogP contribution in [-0.2, 0) is 38.3 Å². The minimum Gasteiger partial charge on any atom is -0.772 e. The highest BCUT2D eigenvalue weighted by Gasteiger charge is 2.44. The number of ether oxygens (including phenoxy) is 2. The number of rotatable bonds is 16. The van der Waals surface area contributed by atoms with Gasteiger partial charge in [-0.05, 0) is 20.8 Å². The first kappa shape index (κ1) is 22.1. The summed E-state index contributed by atoms with van der Waals surface area (Å²) in [6.45, 7) is 8.40. The molecule has 0 amide bonds. The van der Waals surface area contributed by atoms with Gasteiger partial charge in [-0.25, -0.2) is 0 Å². The van der Waals surface area contributed by atoms with E-state index in [-0.39, 0.29) is 19.0 Å². The molecule has 1 atom stereocenters. The Morgan fingerprint density at radius 3 is 1.68 bits per heavy atom. The maximum absolute atomic E-state index is 10.3. The van der Waals surface area contributed by atoms with Crippen molar-refractivity contribution in [2.75, 3.05) is 58.6 Å². The lowest BCUT2D eigenvalue weighted by Gasteiger charge is -2.26. The predicted octanol–water partition coefficient (Wildman–Crippen LogP) is 0.460. The van der Waals surface area contributed by atoms with E-state index in [4.69, 9.17) is 27.2 Å². The van der Waals surface area contributed by atoms with Gasteiger partial charge in [0.1, 0.15) is 0 Å². The van der Waals surface area contributed by atoms with Crippen molar-refractivity contribution in [3.05, 3.63) is 0 Å². The van der Waals surface area contributed by atoms with E-state index in [2.05, 4.69) is 0 Å². The second-order valence-electron chi connectivity index (χ2n) is 3.88. The van der Waals surface area contributed by atoms with Crippen molar-refractivity contribution in [1.29, 1.82) is 0 Å². The van der Waals surface area contributed by atoms with Crippen molar-refractivity contribution in [1.82, 2.24) is 0 Å². The van der Waals surface area contributed by atoms with Crippen LogP contribution in [0.15, 0.2) is 0 Å². The van der Waals surface area contributed by atoms with Gasteiger partial charge < -0.3 is 31.7 Å². The Balaban J connectivity index is 3.77. The van der Waals surface area contributed by atoms with E-state index in [0.717, 1.165) is 0 Å². The Morgan fingerprint density at radius 2 is 1.23 bits per heavy atom. The molecule has 0 saturated carbocycles. The minimum atomic E-state index is -3.07. The molecule has 0 aliphatic carbocycles. The van der Waals surface area contributed by atoms with Crippen molar-refractivity contribution in [3.8, 4) is 0 Å². The largest absolute Gasteiger partial charge is 0.772 e. The average Bonchev–Trinajstić information content (AvgIpc) is 2.46. The van der Waals surface area contributed by atoms with E-state index in [1.807, 2.05) is 20.8 Å². The van der Waals surface area contributed by atoms with E-state index in [1.165, 1.54) is 0 Å². The third-order valence-electron chi connectivity index (χ3n) is 2.24. The minimum absolute atomic E-state index is 0.00565. The average molecular weight is 359 g/mol. The van der Waals surface area contributed by atoms with Gasteiger partial charge in [-0.2, -0.15) is 0 Å². The standard InChI is InChI=1S/C12H28O8SSi/c1-4-17-22(18-5-2,19-6-3)20-10-9-15-7-8-16-11-12-21(13)14/h4-12H2,1-3H3,(H,13,14)/p-1. The summed E-state index contributed by atoms with van der Waals surface area (Å²) in [5.74, 6) is -0.00565. The van der Waals surface area contributed by atoms with Crippen LogP contribution in [0.1, 0.15) is 20.8 Å². The molecule has 0 spiro atoms. The molecule has 0 aromatic carbocycles. The Labute approximate surface area is 136 Å². The van der Waals surface area contributed by atoms with Gasteiger partial charge in [0.2, 0.25) is 0 Å². The van der Waals surface area contributed by atoms with Gasteiger partial charge in [0.15, 0.2) is 0 Å². The first-order valence-corrected chi connectivity index (χ1v) is 10.2. The van der Waals surface area contributed by atoms with Gasteiger partial charge in [-0.1, -0.05) is 11.1 Å². The highest BCUT2D eigenvalue weighted by atomic mass is 32.2. The Bertz CT molecular complexity index is 265. The third-order valence-corrected chi connectivity index (χ3v) is 5.22. The monoisotopic (exact) mass is 359 g/mol. The predicted molar refractivity (Wildman–Crippen MR) is 82.0 cm³/mol. The third kappa shape index (κ3) is 11.6. The first-order chi connectivity index (χ1) is 10.6. The van der Waals surface area contributed by atoms with Gasteiger partial charge in [0.05, 0.1) is 33.0 Å². The Kier molecular flexibility index (Phi) is 14.7. The van der Waals surface area contributed by atoms with Crippen LogP contribution in [0.2, 0.25) is 0 Å². The summed E-state index contributed by atoms with van der Waals surface area (Å²) in [6.07, 6.45) is 0. The summed E-state index contributed by atoms with van der Waals surface area (Å²) in [7, 11) is -3.07. The first-order valence-electron chi connectivity index (χ1n) is 7.37. The van der Waals surface area contributed by atoms with Gasteiger partial charge in [-0.3, -0.25) is 4.21 Å².